The molecule has 0 aliphatic rings. The number of rotatable bonds is 6. The maximum Gasteiger partial charge on any atom is 0.137 e. The molecular formula is C15H17ClN2O. The Morgan fingerprint density at radius 2 is 2.16 bits per heavy atom. The minimum absolute atomic E-state index is 0.647. The smallest absolute Gasteiger partial charge is 0.137 e. The number of halogens is 1. The molecule has 0 radical (unpaired) electrons. The van der Waals surface area contributed by atoms with Gasteiger partial charge in [-0.05, 0) is 42.3 Å². The first-order valence-electron chi connectivity index (χ1n) is 6.21. The van der Waals surface area contributed by atoms with Crippen LogP contribution in [0.4, 0.5) is 0 Å². The third-order valence-corrected chi connectivity index (χ3v) is 3.15. The van der Waals surface area contributed by atoms with Crippen molar-refractivity contribution >= 4 is 11.6 Å². The van der Waals surface area contributed by atoms with E-state index in [2.05, 4.69) is 16.4 Å². The number of hydrogen-bond acceptors (Lipinski definition) is 3. The number of methoxy groups -OCH3 is 1. The van der Waals surface area contributed by atoms with Gasteiger partial charge in [0.25, 0.3) is 0 Å². The van der Waals surface area contributed by atoms with Crippen LogP contribution in [0, 0.1) is 0 Å². The number of nitrogens with zero attached hydrogens (tertiary/aromatic N) is 1. The van der Waals surface area contributed by atoms with Crippen molar-refractivity contribution in [3.63, 3.8) is 0 Å². The van der Waals surface area contributed by atoms with Gasteiger partial charge in [0.1, 0.15) is 5.75 Å². The van der Waals surface area contributed by atoms with Crippen molar-refractivity contribution in [2.45, 2.75) is 13.0 Å². The molecule has 0 spiro atoms. The van der Waals surface area contributed by atoms with Crippen LogP contribution < -0.4 is 10.1 Å². The number of ether oxygens (including phenoxy) is 1. The SMILES string of the molecule is COc1ccc(CNCCc2cccnc2)cc1Cl. The van der Waals surface area contributed by atoms with E-state index in [1.807, 2.05) is 30.5 Å². The first kappa shape index (κ1) is 13.8. The van der Waals surface area contributed by atoms with Gasteiger partial charge in [-0.3, -0.25) is 4.98 Å². The van der Waals surface area contributed by atoms with Gasteiger partial charge < -0.3 is 10.1 Å². The third-order valence-electron chi connectivity index (χ3n) is 2.86. The Morgan fingerprint density at radius 1 is 1.26 bits per heavy atom. The Hall–Kier alpha value is -1.58. The summed E-state index contributed by atoms with van der Waals surface area (Å²) in [4.78, 5) is 4.09. The fraction of sp³-hybridized carbons (Fsp3) is 0.267. The van der Waals surface area contributed by atoms with Gasteiger partial charge in [0.05, 0.1) is 12.1 Å². The number of pyridine rings is 1. The fourth-order valence-electron chi connectivity index (χ4n) is 1.83. The largest absolute Gasteiger partial charge is 0.495 e. The molecule has 0 aliphatic heterocycles. The van der Waals surface area contributed by atoms with Gasteiger partial charge in [-0.25, -0.2) is 0 Å². The average molecular weight is 277 g/mol. The number of aromatic nitrogens is 1. The highest BCUT2D eigenvalue weighted by Gasteiger charge is 2.01. The van der Waals surface area contributed by atoms with Crippen molar-refractivity contribution in [3.8, 4) is 5.75 Å². The second kappa shape index (κ2) is 7.12. The summed E-state index contributed by atoms with van der Waals surface area (Å²) in [6.07, 6.45) is 4.65. The molecule has 0 saturated heterocycles. The van der Waals surface area contributed by atoms with Crippen molar-refractivity contribution in [1.29, 1.82) is 0 Å². The van der Waals surface area contributed by atoms with Crippen molar-refractivity contribution in [2.75, 3.05) is 13.7 Å². The molecule has 0 saturated carbocycles. The van der Waals surface area contributed by atoms with E-state index in [1.165, 1.54) is 5.56 Å². The fourth-order valence-corrected chi connectivity index (χ4v) is 2.11. The first-order valence-corrected chi connectivity index (χ1v) is 6.59. The molecule has 2 aromatic rings. The van der Waals surface area contributed by atoms with Crippen LogP contribution in [0.25, 0.3) is 0 Å². The van der Waals surface area contributed by atoms with E-state index >= 15 is 0 Å². The maximum absolute atomic E-state index is 6.08. The third kappa shape index (κ3) is 4.23. The molecule has 2 rings (SSSR count). The van der Waals surface area contributed by atoms with Crippen LogP contribution in [0.3, 0.4) is 0 Å². The predicted octanol–water partition coefficient (Wildman–Crippen LogP) is 3.08. The van der Waals surface area contributed by atoms with E-state index in [0.717, 1.165) is 25.1 Å². The van der Waals surface area contributed by atoms with Crippen LogP contribution in [0.1, 0.15) is 11.1 Å². The molecule has 0 atom stereocenters. The molecular weight excluding hydrogens is 260 g/mol. The zero-order valence-corrected chi connectivity index (χ0v) is 11.7. The van der Waals surface area contributed by atoms with Gasteiger partial charge in [0.15, 0.2) is 0 Å². The first-order chi connectivity index (χ1) is 9.29. The summed E-state index contributed by atoms with van der Waals surface area (Å²) in [5, 5.41) is 4.03. The van der Waals surface area contributed by atoms with E-state index < -0.39 is 0 Å². The van der Waals surface area contributed by atoms with Crippen LogP contribution in [0.5, 0.6) is 5.75 Å². The molecule has 0 bridgehead atoms. The van der Waals surface area contributed by atoms with Crippen molar-refractivity contribution in [2.24, 2.45) is 0 Å². The Kier molecular flexibility index (Phi) is 5.19. The van der Waals surface area contributed by atoms with Gasteiger partial charge in [-0.2, -0.15) is 0 Å². The summed E-state index contributed by atoms with van der Waals surface area (Å²) in [5.41, 5.74) is 2.39. The van der Waals surface area contributed by atoms with Crippen molar-refractivity contribution in [1.82, 2.24) is 10.3 Å². The highest BCUT2D eigenvalue weighted by molar-refractivity contribution is 6.32. The standard InChI is InChI=1S/C15H17ClN2O/c1-19-15-5-4-13(9-14(15)16)11-18-8-6-12-3-2-7-17-10-12/h2-5,7,9-10,18H,6,8,11H2,1H3. The number of nitrogens with one attached hydrogen (secondary N) is 1. The summed E-state index contributed by atoms with van der Waals surface area (Å²) in [6.45, 7) is 1.71. The lowest BCUT2D eigenvalue weighted by molar-refractivity contribution is 0.415. The lowest BCUT2D eigenvalue weighted by Gasteiger charge is -2.07. The van der Waals surface area contributed by atoms with E-state index in [0.29, 0.717) is 10.8 Å². The lowest BCUT2D eigenvalue weighted by atomic mass is 10.2. The molecule has 100 valence electrons. The zero-order chi connectivity index (χ0) is 13.5. The predicted molar refractivity (Wildman–Crippen MR) is 77.7 cm³/mol. The van der Waals surface area contributed by atoms with Crippen molar-refractivity contribution in [3.05, 3.63) is 58.9 Å². The van der Waals surface area contributed by atoms with Crippen LogP contribution in [0.2, 0.25) is 5.02 Å². The molecule has 1 aromatic carbocycles. The molecule has 0 amide bonds. The number of benzene rings is 1. The van der Waals surface area contributed by atoms with E-state index in [4.69, 9.17) is 16.3 Å². The van der Waals surface area contributed by atoms with Gasteiger partial charge >= 0.3 is 0 Å². The topological polar surface area (TPSA) is 34.1 Å². The van der Waals surface area contributed by atoms with Crippen molar-refractivity contribution < 1.29 is 4.74 Å². The Labute approximate surface area is 118 Å². The molecule has 0 fully saturated rings. The second-order valence-electron chi connectivity index (χ2n) is 4.26. The Balaban J connectivity index is 1.78. The minimum atomic E-state index is 0.647. The maximum atomic E-state index is 6.08. The van der Waals surface area contributed by atoms with Gasteiger partial charge in [-0.1, -0.05) is 23.7 Å². The van der Waals surface area contributed by atoms with Crippen LogP contribution in [-0.2, 0) is 13.0 Å². The van der Waals surface area contributed by atoms with Crippen LogP contribution in [-0.4, -0.2) is 18.6 Å². The molecule has 19 heavy (non-hydrogen) atoms. The Bertz CT molecular complexity index is 517. The van der Waals surface area contributed by atoms with Gasteiger partial charge in [0, 0.05) is 18.9 Å². The molecule has 1 aromatic heterocycles. The second-order valence-corrected chi connectivity index (χ2v) is 4.66. The molecule has 0 unspecified atom stereocenters. The molecule has 3 nitrogen and oxygen atoms in total. The van der Waals surface area contributed by atoms with E-state index in [1.54, 1.807) is 13.3 Å². The molecule has 0 aliphatic carbocycles. The average Bonchev–Trinajstić information content (AvgIpc) is 2.45. The summed E-state index contributed by atoms with van der Waals surface area (Å²) >= 11 is 6.08. The quantitative estimate of drug-likeness (QED) is 0.824. The highest BCUT2D eigenvalue weighted by Crippen LogP contribution is 2.24. The van der Waals surface area contributed by atoms with Gasteiger partial charge in [-0.15, -0.1) is 0 Å². The summed E-state index contributed by atoms with van der Waals surface area (Å²) in [5.74, 6) is 0.709. The zero-order valence-electron chi connectivity index (χ0n) is 10.9. The Morgan fingerprint density at radius 3 is 2.84 bits per heavy atom. The molecule has 1 heterocycles. The van der Waals surface area contributed by atoms with Crippen LogP contribution >= 0.6 is 11.6 Å². The molecule has 1 N–H and O–H groups in total. The monoisotopic (exact) mass is 276 g/mol. The normalized spacial score (nSPS) is 10.4. The number of hydrogen-bond donors (Lipinski definition) is 1. The lowest BCUT2D eigenvalue weighted by Crippen LogP contribution is -2.16. The summed E-state index contributed by atoms with van der Waals surface area (Å²) in [6, 6.07) is 9.87. The summed E-state index contributed by atoms with van der Waals surface area (Å²) in [7, 11) is 1.62. The van der Waals surface area contributed by atoms with Crippen LogP contribution in [0.15, 0.2) is 42.7 Å². The van der Waals surface area contributed by atoms with Gasteiger partial charge in [0.2, 0.25) is 0 Å². The summed E-state index contributed by atoms with van der Waals surface area (Å²) < 4.78 is 5.12. The highest BCUT2D eigenvalue weighted by atomic mass is 35.5. The minimum Gasteiger partial charge on any atom is -0.495 e. The molecule has 4 heteroatoms. The van der Waals surface area contributed by atoms with E-state index in [9.17, 15) is 0 Å². The van der Waals surface area contributed by atoms with E-state index in [-0.39, 0.29) is 0 Å².